The first kappa shape index (κ1) is 14.0. The van der Waals surface area contributed by atoms with Crippen LogP contribution in [0.3, 0.4) is 0 Å². The molecule has 6 nitrogen and oxygen atoms in total. The number of carbonyl (C=O) groups excluding carboxylic acids is 2. The predicted octanol–water partition coefficient (Wildman–Crippen LogP) is 0.622. The van der Waals surface area contributed by atoms with E-state index in [0.29, 0.717) is 0 Å². The van der Waals surface area contributed by atoms with Crippen LogP contribution in [0.4, 0.5) is 9.59 Å². The summed E-state index contributed by atoms with van der Waals surface area (Å²) >= 11 is 0. The lowest BCUT2D eigenvalue weighted by atomic mass is 10.1. The number of carbonyl (C=O) groups is 2. The predicted molar refractivity (Wildman–Crippen MR) is 67.1 cm³/mol. The number of imide groups is 1. The van der Waals surface area contributed by atoms with Gasteiger partial charge in [0.25, 0.3) is 0 Å². The zero-order valence-corrected chi connectivity index (χ0v) is 10.2. The van der Waals surface area contributed by atoms with Crippen LogP contribution in [0.15, 0.2) is 30.3 Å². The lowest BCUT2D eigenvalue weighted by Gasteiger charge is -2.16. The minimum Gasteiger partial charge on any atom is -0.448 e. The minimum atomic E-state index is -0.927. The highest BCUT2D eigenvalue weighted by Crippen LogP contribution is 2.03. The van der Waals surface area contributed by atoms with Crippen molar-refractivity contribution < 1.29 is 14.3 Å². The van der Waals surface area contributed by atoms with E-state index in [1.165, 1.54) is 0 Å². The molecule has 0 aliphatic carbocycles. The van der Waals surface area contributed by atoms with E-state index < -0.39 is 12.1 Å². The van der Waals surface area contributed by atoms with Crippen molar-refractivity contribution in [1.82, 2.24) is 10.6 Å². The van der Waals surface area contributed by atoms with E-state index in [0.717, 1.165) is 12.0 Å². The van der Waals surface area contributed by atoms with E-state index >= 15 is 0 Å². The topological polar surface area (TPSA) is 93.4 Å². The van der Waals surface area contributed by atoms with E-state index in [4.69, 9.17) is 10.5 Å². The molecule has 0 unspecified atom stereocenters. The van der Waals surface area contributed by atoms with Crippen LogP contribution in [0.5, 0.6) is 0 Å². The van der Waals surface area contributed by atoms with Gasteiger partial charge in [-0.3, -0.25) is 0 Å². The zero-order valence-electron chi connectivity index (χ0n) is 10.2. The summed E-state index contributed by atoms with van der Waals surface area (Å²) in [5, 5.41) is 4.87. The molecule has 98 valence electrons. The van der Waals surface area contributed by atoms with Gasteiger partial charge in [-0.25, -0.2) is 14.9 Å². The van der Waals surface area contributed by atoms with Crippen LogP contribution in [0.25, 0.3) is 0 Å². The number of ether oxygens (including phenoxy) is 1. The monoisotopic (exact) mass is 251 g/mol. The highest BCUT2D eigenvalue weighted by Gasteiger charge is 2.11. The smallest absolute Gasteiger partial charge is 0.415 e. The number of urea groups is 1. The number of amides is 3. The molecule has 3 amide bonds. The molecule has 0 radical (unpaired) electrons. The van der Waals surface area contributed by atoms with Gasteiger partial charge in [-0.05, 0) is 19.0 Å². The van der Waals surface area contributed by atoms with Crippen LogP contribution < -0.4 is 16.4 Å². The molecule has 0 bridgehead atoms. The second kappa shape index (κ2) is 7.29. The molecule has 0 spiro atoms. The summed E-state index contributed by atoms with van der Waals surface area (Å²) in [7, 11) is 1.78. The van der Waals surface area contributed by atoms with Crippen molar-refractivity contribution in [2.24, 2.45) is 5.73 Å². The quantitative estimate of drug-likeness (QED) is 0.715. The Morgan fingerprint density at radius 1 is 1.33 bits per heavy atom. The molecule has 0 aromatic heterocycles. The van der Waals surface area contributed by atoms with Crippen molar-refractivity contribution in [3.8, 4) is 0 Å². The minimum absolute atomic E-state index is 0.0222. The Kier molecular flexibility index (Phi) is 5.66. The maximum atomic E-state index is 11.1. The van der Waals surface area contributed by atoms with Crippen LogP contribution in [0, 0.1) is 0 Å². The summed E-state index contributed by atoms with van der Waals surface area (Å²) < 4.78 is 4.86. The van der Waals surface area contributed by atoms with Gasteiger partial charge in [0.15, 0.2) is 0 Å². The first-order chi connectivity index (χ1) is 8.61. The lowest BCUT2D eigenvalue weighted by molar-refractivity contribution is 0.136. The van der Waals surface area contributed by atoms with Gasteiger partial charge in [0.1, 0.15) is 6.61 Å². The van der Waals surface area contributed by atoms with E-state index in [2.05, 4.69) is 5.32 Å². The fourth-order valence-electron chi connectivity index (χ4n) is 1.46. The molecule has 1 rings (SSSR count). The number of nitrogens with two attached hydrogens (primary N) is 1. The number of rotatable bonds is 5. The van der Waals surface area contributed by atoms with Crippen LogP contribution >= 0.6 is 0 Å². The Hall–Kier alpha value is -2.08. The van der Waals surface area contributed by atoms with Crippen LogP contribution in [0.2, 0.25) is 0 Å². The molecular formula is C12H17N3O3. The molecule has 1 atom stereocenters. The van der Waals surface area contributed by atoms with Crippen molar-refractivity contribution in [3.05, 3.63) is 35.9 Å². The van der Waals surface area contributed by atoms with E-state index in [1.807, 2.05) is 35.6 Å². The maximum absolute atomic E-state index is 11.1. The Morgan fingerprint density at radius 2 is 2.00 bits per heavy atom. The molecule has 0 fully saturated rings. The third-order valence-corrected chi connectivity index (χ3v) is 2.37. The Bertz CT molecular complexity index is 395. The van der Waals surface area contributed by atoms with Gasteiger partial charge in [-0.1, -0.05) is 30.3 Å². The van der Waals surface area contributed by atoms with E-state index in [9.17, 15) is 9.59 Å². The van der Waals surface area contributed by atoms with Gasteiger partial charge in [-0.2, -0.15) is 0 Å². The van der Waals surface area contributed by atoms with Crippen molar-refractivity contribution in [3.63, 3.8) is 0 Å². The fraction of sp³-hybridized carbons (Fsp3) is 0.333. The van der Waals surface area contributed by atoms with Crippen LogP contribution in [0.1, 0.15) is 5.56 Å². The second-order valence-electron chi connectivity index (χ2n) is 3.76. The number of alkyl carbamates (subject to hydrolysis) is 1. The third-order valence-electron chi connectivity index (χ3n) is 2.37. The average Bonchev–Trinajstić information content (AvgIpc) is 2.35. The lowest BCUT2D eigenvalue weighted by Crippen LogP contribution is -2.39. The summed E-state index contributed by atoms with van der Waals surface area (Å²) in [5.41, 5.74) is 5.92. The SMILES string of the molecule is CN[C@@H](COC(=O)NC(N)=O)Cc1ccccc1. The van der Waals surface area contributed by atoms with Crippen molar-refractivity contribution in [1.29, 1.82) is 0 Å². The Morgan fingerprint density at radius 3 is 2.56 bits per heavy atom. The first-order valence-electron chi connectivity index (χ1n) is 5.56. The Balaban J connectivity index is 2.38. The summed E-state index contributed by atoms with van der Waals surface area (Å²) in [5.74, 6) is 0. The van der Waals surface area contributed by atoms with Gasteiger partial charge in [0.05, 0.1) is 0 Å². The van der Waals surface area contributed by atoms with Gasteiger partial charge in [0, 0.05) is 6.04 Å². The number of hydrogen-bond donors (Lipinski definition) is 3. The molecule has 0 aliphatic rings. The standard InChI is InChI=1S/C12H17N3O3/c1-14-10(7-9-5-3-2-4-6-9)8-18-12(17)15-11(13)16/h2-6,10,14H,7-8H2,1H3,(H3,13,15,16,17)/t10-/m1/s1. The molecule has 1 aromatic rings. The van der Waals surface area contributed by atoms with Crippen molar-refractivity contribution in [2.45, 2.75) is 12.5 Å². The first-order valence-corrected chi connectivity index (χ1v) is 5.56. The van der Waals surface area contributed by atoms with Crippen molar-refractivity contribution >= 4 is 12.1 Å². The summed E-state index contributed by atoms with van der Waals surface area (Å²) in [6.07, 6.45) is -0.114. The third kappa shape index (κ3) is 5.31. The molecule has 0 heterocycles. The molecule has 6 heteroatoms. The Labute approximate surface area is 105 Å². The van der Waals surface area contributed by atoms with Gasteiger partial charge in [-0.15, -0.1) is 0 Å². The fourth-order valence-corrected chi connectivity index (χ4v) is 1.46. The molecule has 1 aromatic carbocycles. The number of benzene rings is 1. The number of primary amides is 1. The number of nitrogens with one attached hydrogen (secondary N) is 2. The van der Waals surface area contributed by atoms with E-state index in [1.54, 1.807) is 7.05 Å². The van der Waals surface area contributed by atoms with Gasteiger partial charge in [0.2, 0.25) is 0 Å². The second-order valence-corrected chi connectivity index (χ2v) is 3.76. The van der Waals surface area contributed by atoms with E-state index in [-0.39, 0.29) is 12.6 Å². The molecular weight excluding hydrogens is 234 g/mol. The summed E-state index contributed by atoms with van der Waals surface area (Å²) in [4.78, 5) is 21.5. The summed E-state index contributed by atoms with van der Waals surface area (Å²) in [6, 6.07) is 8.87. The van der Waals surface area contributed by atoms with Gasteiger partial charge < -0.3 is 15.8 Å². The van der Waals surface area contributed by atoms with Gasteiger partial charge >= 0.3 is 12.1 Å². The average molecular weight is 251 g/mol. The molecule has 0 saturated carbocycles. The molecule has 0 saturated heterocycles. The van der Waals surface area contributed by atoms with Crippen LogP contribution in [-0.4, -0.2) is 31.8 Å². The zero-order chi connectivity index (χ0) is 13.4. The number of hydrogen-bond acceptors (Lipinski definition) is 4. The highest BCUT2D eigenvalue weighted by atomic mass is 16.5. The maximum Gasteiger partial charge on any atom is 0.415 e. The van der Waals surface area contributed by atoms with Crippen LogP contribution in [-0.2, 0) is 11.2 Å². The highest BCUT2D eigenvalue weighted by molar-refractivity contribution is 5.89. The molecule has 0 aliphatic heterocycles. The van der Waals surface area contributed by atoms with Crippen molar-refractivity contribution in [2.75, 3.05) is 13.7 Å². The molecule has 4 N–H and O–H groups in total. The normalized spacial score (nSPS) is 11.6. The molecule has 18 heavy (non-hydrogen) atoms. The largest absolute Gasteiger partial charge is 0.448 e. The number of likely N-dealkylation sites (N-methyl/N-ethyl adjacent to an activating group) is 1. The summed E-state index contributed by atoms with van der Waals surface area (Å²) in [6.45, 7) is 0.157.